The normalized spacial score (nSPS) is 13.4. The Morgan fingerprint density at radius 2 is 1.64 bits per heavy atom. The summed E-state index contributed by atoms with van der Waals surface area (Å²) in [4.78, 5) is 0. The van der Waals surface area contributed by atoms with Gasteiger partial charge in [-0.2, -0.15) is 5.26 Å². The molecule has 1 rings (SSSR count). The highest BCUT2D eigenvalue weighted by atomic mass is 28.3. The maximum Gasteiger partial charge on any atom is 0.0775 e. The second kappa shape index (κ2) is 3.98. The fraction of sp³-hybridized carbons (Fsp3) is 0.417. The first kappa shape index (κ1) is 11.0. The molecule has 74 valence electrons. The Labute approximate surface area is 87.4 Å². The molecule has 0 aliphatic heterocycles. The summed E-state index contributed by atoms with van der Waals surface area (Å²) in [6, 6.07) is 10.8. The van der Waals surface area contributed by atoms with Gasteiger partial charge in [-0.25, -0.2) is 0 Å². The summed E-state index contributed by atoms with van der Waals surface area (Å²) >= 11 is 0. The smallest absolute Gasteiger partial charge is 0.0775 e. The van der Waals surface area contributed by atoms with E-state index in [0.717, 1.165) is 5.56 Å². The lowest BCUT2D eigenvalue weighted by Gasteiger charge is -2.17. The van der Waals surface area contributed by atoms with Crippen LogP contribution in [0, 0.1) is 11.3 Å². The van der Waals surface area contributed by atoms with E-state index >= 15 is 0 Å². The van der Waals surface area contributed by atoms with Crippen LogP contribution >= 0.6 is 0 Å². The average molecular weight is 203 g/mol. The molecule has 0 radical (unpaired) electrons. The molecule has 0 aliphatic rings. The lowest BCUT2D eigenvalue weighted by atomic mass is 10.0. The van der Waals surface area contributed by atoms with Crippen molar-refractivity contribution in [1.82, 2.24) is 0 Å². The molecular weight excluding hydrogens is 186 g/mol. The van der Waals surface area contributed by atoms with Gasteiger partial charge in [0.15, 0.2) is 0 Å². The van der Waals surface area contributed by atoms with E-state index in [1.807, 2.05) is 6.92 Å². The molecule has 0 fully saturated rings. The predicted octanol–water partition coefficient (Wildman–Crippen LogP) is 2.86. The highest BCUT2D eigenvalue weighted by Gasteiger charge is 2.16. The Morgan fingerprint density at radius 3 is 2.00 bits per heavy atom. The van der Waals surface area contributed by atoms with Gasteiger partial charge in [0.05, 0.1) is 20.1 Å². The quantitative estimate of drug-likeness (QED) is 0.678. The van der Waals surface area contributed by atoms with E-state index in [0.29, 0.717) is 0 Å². The third kappa shape index (κ3) is 2.46. The van der Waals surface area contributed by atoms with E-state index in [1.54, 1.807) is 0 Å². The van der Waals surface area contributed by atoms with Crippen LogP contribution in [0.25, 0.3) is 0 Å². The van der Waals surface area contributed by atoms with Gasteiger partial charge in [-0.05, 0) is 12.5 Å². The maximum absolute atomic E-state index is 8.78. The molecule has 0 N–H and O–H groups in total. The van der Waals surface area contributed by atoms with E-state index in [2.05, 4.69) is 50.0 Å². The molecule has 0 heterocycles. The largest absolute Gasteiger partial charge is 0.198 e. The topological polar surface area (TPSA) is 23.8 Å². The van der Waals surface area contributed by atoms with Gasteiger partial charge in [0.2, 0.25) is 0 Å². The van der Waals surface area contributed by atoms with Crippen molar-refractivity contribution in [2.75, 3.05) is 0 Å². The van der Waals surface area contributed by atoms with Crippen LogP contribution in [0.1, 0.15) is 18.4 Å². The van der Waals surface area contributed by atoms with Crippen molar-refractivity contribution >= 4 is 13.3 Å². The van der Waals surface area contributed by atoms with Crippen molar-refractivity contribution in [3.63, 3.8) is 0 Å². The van der Waals surface area contributed by atoms with Crippen LogP contribution < -0.4 is 5.19 Å². The molecule has 1 unspecified atom stereocenters. The van der Waals surface area contributed by atoms with Gasteiger partial charge in [-0.3, -0.25) is 0 Å². The molecule has 0 saturated heterocycles. The molecule has 1 aromatic rings. The van der Waals surface area contributed by atoms with E-state index in [9.17, 15) is 0 Å². The Hall–Kier alpha value is -1.07. The first-order chi connectivity index (χ1) is 6.45. The standard InChI is InChI=1S/C12H17NSi/c1-10(9-13)11-5-7-12(8-6-11)14(2,3)4/h5-8,10H,1-4H3. The molecule has 0 saturated carbocycles. The first-order valence-corrected chi connectivity index (χ1v) is 8.45. The Bertz CT molecular complexity index is 340. The highest BCUT2D eigenvalue weighted by Crippen LogP contribution is 2.13. The van der Waals surface area contributed by atoms with Crippen LogP contribution in [0.4, 0.5) is 0 Å². The summed E-state index contributed by atoms with van der Waals surface area (Å²) in [5.74, 6) is 0.00526. The van der Waals surface area contributed by atoms with E-state index in [4.69, 9.17) is 5.26 Å². The third-order valence-corrected chi connectivity index (χ3v) is 4.54. The van der Waals surface area contributed by atoms with E-state index < -0.39 is 8.07 Å². The molecular formula is C12H17NSi. The van der Waals surface area contributed by atoms with Crippen LogP contribution in [-0.4, -0.2) is 8.07 Å². The molecule has 1 atom stereocenters. The van der Waals surface area contributed by atoms with E-state index in [1.165, 1.54) is 5.19 Å². The zero-order chi connectivity index (χ0) is 10.8. The minimum atomic E-state index is -1.18. The van der Waals surface area contributed by atoms with Gasteiger partial charge in [0.25, 0.3) is 0 Å². The Kier molecular flexibility index (Phi) is 3.12. The summed E-state index contributed by atoms with van der Waals surface area (Å²) in [7, 11) is -1.18. The minimum absolute atomic E-state index is 0.00526. The fourth-order valence-corrected chi connectivity index (χ4v) is 2.51. The monoisotopic (exact) mass is 203 g/mol. The molecule has 0 amide bonds. The number of rotatable bonds is 2. The van der Waals surface area contributed by atoms with Crippen LogP contribution in [0.3, 0.4) is 0 Å². The number of benzene rings is 1. The molecule has 0 bridgehead atoms. The second-order valence-corrected chi connectivity index (χ2v) is 9.80. The number of nitrogens with zero attached hydrogens (tertiary/aromatic N) is 1. The fourth-order valence-electron chi connectivity index (χ4n) is 1.35. The summed E-state index contributed by atoms with van der Waals surface area (Å²) in [6.07, 6.45) is 0. The molecule has 0 aromatic heterocycles. The molecule has 1 nitrogen and oxygen atoms in total. The van der Waals surface area contributed by atoms with Crippen LogP contribution in [-0.2, 0) is 0 Å². The lowest BCUT2D eigenvalue weighted by molar-refractivity contribution is 0.983. The zero-order valence-corrected chi connectivity index (χ0v) is 10.3. The zero-order valence-electron chi connectivity index (χ0n) is 9.33. The van der Waals surface area contributed by atoms with Crippen LogP contribution in [0.5, 0.6) is 0 Å². The molecule has 0 spiro atoms. The number of hydrogen-bond acceptors (Lipinski definition) is 1. The van der Waals surface area contributed by atoms with Gasteiger partial charge in [-0.15, -0.1) is 0 Å². The average Bonchev–Trinajstić information content (AvgIpc) is 2.15. The van der Waals surface area contributed by atoms with Crippen molar-refractivity contribution in [1.29, 1.82) is 5.26 Å². The summed E-state index contributed by atoms with van der Waals surface area (Å²) in [5, 5.41) is 10.2. The van der Waals surface area contributed by atoms with Crippen LogP contribution in [0.15, 0.2) is 24.3 Å². The Balaban J connectivity index is 2.96. The highest BCUT2D eigenvalue weighted by molar-refractivity contribution is 6.88. The molecule has 14 heavy (non-hydrogen) atoms. The van der Waals surface area contributed by atoms with Crippen molar-refractivity contribution in [2.24, 2.45) is 0 Å². The second-order valence-electron chi connectivity index (χ2n) is 4.72. The van der Waals surface area contributed by atoms with Crippen molar-refractivity contribution in [3.8, 4) is 6.07 Å². The summed E-state index contributed by atoms with van der Waals surface area (Å²) in [5.41, 5.74) is 1.12. The third-order valence-electron chi connectivity index (χ3n) is 2.47. The molecule has 1 aromatic carbocycles. The maximum atomic E-state index is 8.78. The predicted molar refractivity (Wildman–Crippen MR) is 63.5 cm³/mol. The number of hydrogen-bond donors (Lipinski definition) is 0. The minimum Gasteiger partial charge on any atom is -0.198 e. The SMILES string of the molecule is CC(C#N)c1ccc([Si](C)(C)C)cc1. The van der Waals surface area contributed by atoms with Gasteiger partial charge in [0.1, 0.15) is 0 Å². The van der Waals surface area contributed by atoms with Gasteiger partial charge >= 0.3 is 0 Å². The summed E-state index contributed by atoms with van der Waals surface area (Å²) < 4.78 is 0. The number of nitriles is 1. The van der Waals surface area contributed by atoms with Crippen LogP contribution in [0.2, 0.25) is 19.6 Å². The Morgan fingerprint density at radius 1 is 1.14 bits per heavy atom. The van der Waals surface area contributed by atoms with Gasteiger partial charge < -0.3 is 0 Å². The first-order valence-electron chi connectivity index (χ1n) is 4.95. The van der Waals surface area contributed by atoms with Crippen molar-refractivity contribution in [2.45, 2.75) is 32.5 Å². The summed E-state index contributed by atoms with van der Waals surface area (Å²) in [6.45, 7) is 8.92. The van der Waals surface area contributed by atoms with E-state index in [-0.39, 0.29) is 5.92 Å². The lowest BCUT2D eigenvalue weighted by Crippen LogP contribution is -2.37. The molecule has 2 heteroatoms. The van der Waals surface area contributed by atoms with Gasteiger partial charge in [0, 0.05) is 0 Å². The van der Waals surface area contributed by atoms with Gasteiger partial charge in [-0.1, -0.05) is 49.1 Å². The molecule has 0 aliphatic carbocycles. The van der Waals surface area contributed by atoms with Crippen molar-refractivity contribution < 1.29 is 0 Å². The van der Waals surface area contributed by atoms with Crippen molar-refractivity contribution in [3.05, 3.63) is 29.8 Å².